The molecule has 126 heavy (non-hydrogen) atoms. The molecule has 0 aliphatic heterocycles. The minimum atomic E-state index is -0.892. The van der Waals surface area contributed by atoms with Crippen LogP contribution in [0.1, 0.15) is 0 Å². The van der Waals surface area contributed by atoms with Gasteiger partial charge in [-0.05, 0) is 433 Å². The van der Waals surface area contributed by atoms with Crippen LogP contribution in [-0.4, -0.2) is 0 Å². The van der Waals surface area contributed by atoms with Crippen LogP contribution < -0.4 is 0 Å². The average molecular weight is 4030 g/mol. The summed E-state index contributed by atoms with van der Waals surface area (Å²) in [6, 6.07) is 0. The van der Waals surface area contributed by atoms with Crippen LogP contribution in [0.5, 0.6) is 0 Å². The molecule has 756 valence electrons. The Morgan fingerprint density at radius 1 is 0.0635 bits per heavy atom. The predicted molar refractivity (Wildman–Crippen MR) is 1050 cm³/mol. The maximum Gasteiger partial charge on any atom is -0.000000156 e. The van der Waals surface area contributed by atoms with E-state index in [1.165, 1.54) is 0 Å². The third-order valence-corrected chi connectivity index (χ3v) is 909. The molecule has 126 heteroatoms. The van der Waals surface area contributed by atoms with Crippen LogP contribution in [0.25, 0.3) is 0 Å². The monoisotopic (exact) mass is 4030 g/mol. The van der Waals surface area contributed by atoms with Crippen molar-refractivity contribution in [2.24, 2.45) is 0 Å². The smallest absolute Gasteiger partial charge is 0.000000156 e. The molecule has 0 aromatic heterocycles. The summed E-state index contributed by atoms with van der Waals surface area (Å²) >= 11 is 0. The molecule has 0 amide bonds. The summed E-state index contributed by atoms with van der Waals surface area (Å²) in [6.45, 7) is -37.3. The molecule has 0 fully saturated rings. The second-order valence-corrected chi connectivity index (χ2v) is 544. The first kappa shape index (κ1) is 180. The lowest BCUT2D eigenvalue weighted by Gasteiger charge is -2.66. The topological polar surface area (TPSA) is 0 Å². The third kappa shape index (κ3) is 62.9. The quantitative estimate of drug-likeness (QED) is 0.0533. The van der Waals surface area contributed by atoms with Gasteiger partial charge in [0.25, 0.3) is 0 Å². The zero-order chi connectivity index (χ0) is 99.8. The summed E-state index contributed by atoms with van der Waals surface area (Å²) in [5.74, 6) is 0. The summed E-state index contributed by atoms with van der Waals surface area (Å²) < 4.78 is 0. The molecule has 0 aromatic rings. The van der Waals surface area contributed by atoms with Crippen molar-refractivity contribution >= 4 is 1000 Å². The van der Waals surface area contributed by atoms with Gasteiger partial charge in [-0.25, -0.2) is 0 Å². The maximum atomic E-state index is 5.22. The first-order valence-corrected chi connectivity index (χ1v) is 258. The van der Waals surface area contributed by atoms with Gasteiger partial charge in [0.2, 0.25) is 0 Å². The second-order valence-electron chi connectivity index (χ2n) is 20.1. The molecule has 0 nitrogen and oxygen atoms in total. The number of rotatable bonds is 61. The van der Waals surface area contributed by atoms with Gasteiger partial charge in [-0.15, -0.1) is 554 Å². The van der Waals surface area contributed by atoms with Crippen molar-refractivity contribution in [1.82, 2.24) is 0 Å². The Bertz CT molecular complexity index is 1910. The van der Waals surface area contributed by atoms with E-state index in [4.69, 9.17) is 17.9 Å². The Balaban J connectivity index is 17.2. The summed E-state index contributed by atoms with van der Waals surface area (Å²) in [4.78, 5) is 0. The summed E-state index contributed by atoms with van der Waals surface area (Å²) in [5.41, 5.74) is 0. The summed E-state index contributed by atoms with van der Waals surface area (Å²) in [6.07, 6.45) is 0. The molecule has 0 saturated heterocycles. The lowest BCUT2D eigenvalue weighted by Crippen LogP contribution is -1.79. The second kappa shape index (κ2) is 98.6. The fourth-order valence-electron chi connectivity index (χ4n) is 7.84. The molecule has 0 aliphatic carbocycles. The standard InChI is InChI=1S/H126P126/c1-65(2)97(66(3)4)113(98(67(5)6)68(7)8)121(114(99(69(9)10)70(11)12)100(71(13)14)72(15)16)125(122(115(101(73(17)18)74(19)20)102(75(21)22)76(23)24)116(103(77(25)26)78(27)28)104(79(29)30)80(31)32)126(123(117(105(81(33)34)82(35)36)106(83(37)38)84(39)40)118(107(85(41)42)86(43)44)108(87(45)46)88(47)48)124(119(109(89(49)50)90(51)52)110(91(53)54)92(55)56)120(111(93(57)58)94(59)60)112(95(61)62)96(63)64/h1-2H,3-64H2. The van der Waals surface area contributed by atoms with Gasteiger partial charge in [-0.2, -0.15) is 0 Å². The van der Waals surface area contributed by atoms with Crippen molar-refractivity contribution in [1.29, 1.82) is 0 Å². The Labute approximate surface area is 987 Å². The predicted octanol–water partition coefficient (Wildman–Crippen LogP) is 74.8. The normalized spacial score (nSPS) is 14.8. The largest absolute Gasteiger partial charge is 0.102 e. The Morgan fingerprint density at radius 2 is 0.103 bits per heavy atom. The van der Waals surface area contributed by atoms with Gasteiger partial charge in [0, 0.05) is 0 Å². The fraction of sp³-hybridized carbons (Fsp3) is 0. The van der Waals surface area contributed by atoms with Gasteiger partial charge in [0.15, 0.2) is 0 Å². The summed E-state index contributed by atoms with van der Waals surface area (Å²) in [5, 5.41) is 0. The van der Waals surface area contributed by atoms with Gasteiger partial charge < -0.3 is 0 Å². The van der Waals surface area contributed by atoms with E-state index in [2.05, 4.69) is 554 Å². The molecule has 0 saturated carbocycles. The minimum Gasteiger partial charge on any atom is -0.102 e. The maximum absolute atomic E-state index is 5.22. The van der Waals surface area contributed by atoms with Gasteiger partial charge in [0.05, 0.1) is 0 Å². The van der Waals surface area contributed by atoms with Gasteiger partial charge >= 0.3 is 0 Å². The van der Waals surface area contributed by atoms with Crippen LogP contribution >= 0.6 is 1000 Å². The van der Waals surface area contributed by atoms with E-state index in [0.29, 0.717) is 0 Å². The highest BCUT2D eigenvalue weighted by molar-refractivity contribution is 9.63. The molecule has 0 rings (SSSR count). The zero-order valence-electron chi connectivity index (χ0n) is 64.5. The van der Waals surface area contributed by atoms with Crippen molar-refractivity contribution in [2.45, 2.75) is 0 Å². The lowest BCUT2D eigenvalue weighted by atomic mass is 28.3. The molecule has 66 atom stereocenters. The van der Waals surface area contributed by atoms with E-state index in [9.17, 15) is 0 Å². The van der Waals surface area contributed by atoms with Gasteiger partial charge in [-0.1, -0.05) is 17.9 Å². The van der Waals surface area contributed by atoms with Crippen LogP contribution in [0.2, 0.25) is 0 Å². The van der Waals surface area contributed by atoms with Gasteiger partial charge in [0.1, 0.15) is 0 Å². The first-order chi connectivity index (χ1) is 57.3. The SMILES string of the molecule is [PH]P([PH])P(P(P)P)P(P(P(P)P)P(P)P)P(P(P(P(P)P)P(P)P)P(P(P)P)P(P)P)P(P(P(P(P(P)P)P(P)P)P(P(P)P)P(P)P)P(P(P(P)P)P(P)P)P(P(P)P)P(P)P)P(P(P(P(P(P)P)P(P)P)P(P(P)P)P(P)P)P(P(P(P)P)P(P)P)P(P(P)P)P(P)P)P(P(P(P(P)P)P(P)P)P(P(P)P)P(P)P)P(P(P(P)P)P(P)P)P(P(P)P)P(P)P. The molecular weight excluding hydrogens is 3900 g/mol. The van der Waals surface area contributed by atoms with Gasteiger partial charge in [-0.3, -0.25) is 0 Å². The van der Waals surface area contributed by atoms with Crippen LogP contribution in [0.3, 0.4) is 0 Å². The highest BCUT2D eigenvalue weighted by Gasteiger charge is 2.70. The molecule has 0 aliphatic rings. The number of hydrogen-bond donors (Lipinski definition) is 0. The van der Waals surface area contributed by atoms with Crippen molar-refractivity contribution in [3.05, 3.63) is 0 Å². The minimum absolute atomic E-state index is 0.552. The van der Waals surface area contributed by atoms with Crippen molar-refractivity contribution < 1.29 is 0 Å². The Kier molecular flexibility index (Phi) is 141. The fourth-order valence-corrected chi connectivity index (χ4v) is 1910. The van der Waals surface area contributed by atoms with Crippen LogP contribution in [0, 0.1) is 0 Å². The lowest BCUT2D eigenvalue weighted by molar-refractivity contribution is 4.27. The molecule has 0 spiro atoms. The van der Waals surface area contributed by atoms with Crippen molar-refractivity contribution in [3.8, 4) is 0 Å². The molecule has 0 aromatic carbocycles. The first-order valence-electron chi connectivity index (χ1n) is 28.7. The van der Waals surface area contributed by atoms with E-state index in [0.717, 1.165) is 0 Å². The molecule has 0 N–H and O–H groups in total. The molecule has 0 heterocycles. The van der Waals surface area contributed by atoms with E-state index in [-0.39, 0.29) is 0 Å². The van der Waals surface area contributed by atoms with E-state index < -0.39 is 433 Å². The third-order valence-electron chi connectivity index (χ3n) is 11.2. The van der Waals surface area contributed by atoms with E-state index >= 15 is 0 Å². The van der Waals surface area contributed by atoms with E-state index in [1.54, 1.807) is 0 Å². The Hall–Kier alpha value is 54.2. The van der Waals surface area contributed by atoms with Crippen LogP contribution in [0.4, 0.5) is 0 Å². The Morgan fingerprint density at radius 3 is 0.143 bits per heavy atom. The molecule has 0 bridgehead atoms. The highest BCUT2D eigenvalue weighted by Crippen LogP contribution is 3.58. The van der Waals surface area contributed by atoms with E-state index in [1.807, 2.05) is 0 Å². The van der Waals surface area contributed by atoms with Crippen LogP contribution in [-0.2, 0) is 0 Å². The van der Waals surface area contributed by atoms with Crippen molar-refractivity contribution in [2.75, 3.05) is 0 Å². The molecular formula is H126P126. The molecule has 2 radical (unpaired) electrons. The number of hydrogen-bond acceptors (Lipinski definition) is 0. The van der Waals surface area contributed by atoms with Crippen LogP contribution in [0.15, 0.2) is 0 Å². The summed E-state index contributed by atoms with van der Waals surface area (Å²) in [7, 11) is 254. The molecule has 66 unspecified atom stereocenters. The highest BCUT2D eigenvalue weighted by atomic mass is 33.7. The average Bonchev–Trinajstić information content (AvgIpc) is 0.698. The zero-order valence-corrected chi connectivity index (χ0v) is 194. The van der Waals surface area contributed by atoms with Crippen molar-refractivity contribution in [3.63, 3.8) is 0 Å².